The Morgan fingerprint density at radius 3 is 2.87 bits per heavy atom. The highest BCUT2D eigenvalue weighted by Crippen LogP contribution is 2.30. The molecule has 1 fully saturated rings. The van der Waals surface area contributed by atoms with Crippen molar-refractivity contribution in [1.29, 1.82) is 0 Å². The van der Waals surface area contributed by atoms with Crippen LogP contribution in [0.1, 0.15) is 30.9 Å². The van der Waals surface area contributed by atoms with Gasteiger partial charge in [-0.1, -0.05) is 0 Å². The summed E-state index contributed by atoms with van der Waals surface area (Å²) in [5, 5.41) is 12.1. The summed E-state index contributed by atoms with van der Waals surface area (Å²) >= 11 is 3.99. The van der Waals surface area contributed by atoms with Crippen molar-refractivity contribution in [1.82, 2.24) is 0 Å². The molecule has 0 saturated carbocycles. The van der Waals surface area contributed by atoms with Crippen molar-refractivity contribution >= 4 is 33.9 Å². The van der Waals surface area contributed by atoms with E-state index in [0.29, 0.717) is 5.92 Å². The van der Waals surface area contributed by atoms with E-state index < -0.39 is 0 Å². The zero-order valence-corrected chi connectivity index (χ0v) is 11.5. The van der Waals surface area contributed by atoms with Gasteiger partial charge in [0.15, 0.2) is 0 Å². The van der Waals surface area contributed by atoms with E-state index in [1.807, 2.05) is 0 Å². The van der Waals surface area contributed by atoms with Gasteiger partial charge in [0, 0.05) is 13.2 Å². The van der Waals surface area contributed by atoms with Gasteiger partial charge in [-0.25, -0.2) is 0 Å². The summed E-state index contributed by atoms with van der Waals surface area (Å²) in [5.41, 5.74) is 1.08. The minimum atomic E-state index is -0.284. The molecule has 1 aliphatic rings. The largest absolute Gasteiger partial charge is 0.388 e. The van der Waals surface area contributed by atoms with E-state index in [1.54, 1.807) is 11.3 Å². The van der Waals surface area contributed by atoms with E-state index in [4.69, 9.17) is 4.74 Å². The number of ether oxygens (including phenoxy) is 1. The second-order valence-electron chi connectivity index (χ2n) is 3.99. The van der Waals surface area contributed by atoms with Gasteiger partial charge in [0.25, 0.3) is 0 Å². The van der Waals surface area contributed by atoms with Crippen LogP contribution in [0, 0.1) is 8.80 Å². The first-order valence-electron chi connectivity index (χ1n) is 5.25. The smallest absolute Gasteiger partial charge is 0.0801 e. The van der Waals surface area contributed by atoms with Crippen molar-refractivity contribution in [2.24, 2.45) is 5.92 Å². The molecule has 2 heterocycles. The molecule has 1 aliphatic heterocycles. The fourth-order valence-electron chi connectivity index (χ4n) is 1.93. The summed E-state index contributed by atoms with van der Waals surface area (Å²) < 4.78 is 6.55. The Morgan fingerprint density at radius 1 is 1.53 bits per heavy atom. The minimum Gasteiger partial charge on any atom is -0.388 e. The number of hydrogen-bond acceptors (Lipinski definition) is 3. The van der Waals surface area contributed by atoms with E-state index in [0.717, 1.165) is 38.0 Å². The highest BCUT2D eigenvalue weighted by atomic mass is 127. The molecule has 1 atom stereocenters. The van der Waals surface area contributed by atoms with Crippen molar-refractivity contribution in [2.75, 3.05) is 13.2 Å². The van der Waals surface area contributed by atoms with E-state index in [2.05, 4.69) is 34.0 Å². The molecule has 2 rings (SSSR count). The molecule has 0 aliphatic carbocycles. The third kappa shape index (κ3) is 3.41. The van der Waals surface area contributed by atoms with Crippen LogP contribution in [0.25, 0.3) is 0 Å². The lowest BCUT2D eigenvalue weighted by atomic mass is 9.92. The van der Waals surface area contributed by atoms with E-state index in [-0.39, 0.29) is 6.10 Å². The lowest BCUT2D eigenvalue weighted by Gasteiger charge is -2.23. The van der Waals surface area contributed by atoms with Crippen LogP contribution in [-0.4, -0.2) is 18.3 Å². The van der Waals surface area contributed by atoms with Crippen molar-refractivity contribution in [3.63, 3.8) is 0 Å². The second kappa shape index (κ2) is 5.61. The van der Waals surface area contributed by atoms with E-state index in [9.17, 15) is 5.11 Å². The predicted octanol–water partition coefficient (Wildman–Crippen LogP) is 3.20. The molecule has 2 nitrogen and oxygen atoms in total. The molecule has 0 spiro atoms. The number of rotatable bonds is 3. The molecule has 1 unspecified atom stereocenters. The normalized spacial score (nSPS) is 20.4. The van der Waals surface area contributed by atoms with Crippen LogP contribution < -0.4 is 0 Å². The summed E-state index contributed by atoms with van der Waals surface area (Å²) in [4.78, 5) is 0. The van der Waals surface area contributed by atoms with Crippen LogP contribution in [-0.2, 0) is 4.74 Å². The second-order valence-corrected chi connectivity index (χ2v) is 6.80. The maximum atomic E-state index is 10.0. The zero-order chi connectivity index (χ0) is 10.7. The quantitative estimate of drug-likeness (QED) is 0.858. The number of thiophene rings is 1. The average Bonchev–Trinajstić information content (AvgIpc) is 2.66. The van der Waals surface area contributed by atoms with Gasteiger partial charge < -0.3 is 9.84 Å². The van der Waals surface area contributed by atoms with Gasteiger partial charge in [-0.05, 0) is 64.8 Å². The van der Waals surface area contributed by atoms with E-state index >= 15 is 0 Å². The molecule has 4 heteroatoms. The first-order valence-corrected chi connectivity index (χ1v) is 7.21. The molecule has 1 N–H and O–H groups in total. The molecule has 1 saturated heterocycles. The molecule has 1 aromatic heterocycles. The van der Waals surface area contributed by atoms with Gasteiger partial charge in [0.05, 0.1) is 8.99 Å². The Balaban J connectivity index is 1.88. The topological polar surface area (TPSA) is 29.5 Å². The summed E-state index contributed by atoms with van der Waals surface area (Å²) in [6.45, 7) is 1.72. The maximum Gasteiger partial charge on any atom is 0.0801 e. The van der Waals surface area contributed by atoms with Gasteiger partial charge in [0.1, 0.15) is 0 Å². The maximum absolute atomic E-state index is 10.0. The first kappa shape index (κ1) is 11.8. The van der Waals surface area contributed by atoms with Gasteiger partial charge in [-0.15, -0.1) is 11.3 Å². The SMILES string of the molecule is OC(CC1CCOCC1)c1csc(I)c1. The summed E-state index contributed by atoms with van der Waals surface area (Å²) in [7, 11) is 0. The standard InChI is InChI=1S/C11H15IO2S/c12-11-6-9(7-15-11)10(13)5-8-1-3-14-4-2-8/h6-8,10,13H,1-5H2. The van der Waals surface area contributed by atoms with Crippen LogP contribution in [0.5, 0.6) is 0 Å². The molecular weight excluding hydrogens is 323 g/mol. The third-order valence-electron chi connectivity index (χ3n) is 2.87. The zero-order valence-electron chi connectivity index (χ0n) is 8.49. The van der Waals surface area contributed by atoms with Gasteiger partial charge >= 0.3 is 0 Å². The Morgan fingerprint density at radius 2 is 2.27 bits per heavy atom. The van der Waals surface area contributed by atoms with Crippen LogP contribution in [0.3, 0.4) is 0 Å². The Hall–Kier alpha value is 0.350. The van der Waals surface area contributed by atoms with Crippen LogP contribution >= 0.6 is 33.9 Å². The fraction of sp³-hybridized carbons (Fsp3) is 0.636. The van der Waals surface area contributed by atoms with Crippen molar-refractivity contribution < 1.29 is 9.84 Å². The Bertz CT molecular complexity index is 307. The van der Waals surface area contributed by atoms with E-state index in [1.165, 1.54) is 2.88 Å². The highest BCUT2D eigenvalue weighted by molar-refractivity contribution is 14.1. The summed E-state index contributed by atoms with van der Waals surface area (Å²) in [6.07, 6.45) is 2.79. The molecule has 0 radical (unpaired) electrons. The highest BCUT2D eigenvalue weighted by Gasteiger charge is 2.19. The summed E-state index contributed by atoms with van der Waals surface area (Å²) in [6, 6.07) is 2.08. The van der Waals surface area contributed by atoms with Gasteiger partial charge in [-0.3, -0.25) is 0 Å². The molecule has 15 heavy (non-hydrogen) atoms. The average molecular weight is 338 g/mol. The fourth-order valence-corrected chi connectivity index (χ4v) is 3.35. The molecule has 1 aromatic rings. The molecule has 0 bridgehead atoms. The number of halogens is 1. The Kier molecular flexibility index (Phi) is 4.42. The monoisotopic (exact) mass is 338 g/mol. The van der Waals surface area contributed by atoms with Crippen LogP contribution in [0.15, 0.2) is 11.4 Å². The third-order valence-corrected chi connectivity index (χ3v) is 4.68. The number of hydrogen-bond donors (Lipinski definition) is 1. The van der Waals surface area contributed by atoms with Gasteiger partial charge in [0.2, 0.25) is 0 Å². The lowest BCUT2D eigenvalue weighted by molar-refractivity contribution is 0.0436. The number of aliphatic hydroxyl groups is 1. The van der Waals surface area contributed by atoms with Crippen molar-refractivity contribution in [3.05, 3.63) is 19.9 Å². The van der Waals surface area contributed by atoms with Crippen molar-refractivity contribution in [2.45, 2.75) is 25.4 Å². The Labute approximate surface area is 108 Å². The number of aliphatic hydroxyl groups excluding tert-OH is 1. The van der Waals surface area contributed by atoms with Crippen LogP contribution in [0.4, 0.5) is 0 Å². The molecule has 0 amide bonds. The van der Waals surface area contributed by atoms with Crippen LogP contribution in [0.2, 0.25) is 0 Å². The summed E-state index contributed by atoms with van der Waals surface area (Å²) in [5.74, 6) is 0.631. The van der Waals surface area contributed by atoms with Crippen molar-refractivity contribution in [3.8, 4) is 0 Å². The molecular formula is C11H15IO2S. The molecule has 0 aromatic carbocycles. The van der Waals surface area contributed by atoms with Gasteiger partial charge in [-0.2, -0.15) is 0 Å². The lowest BCUT2D eigenvalue weighted by Crippen LogP contribution is -2.17. The predicted molar refractivity (Wildman–Crippen MR) is 70.2 cm³/mol. The minimum absolute atomic E-state index is 0.284. The molecule has 84 valence electrons. The first-order chi connectivity index (χ1) is 7.25.